The molecule has 1 saturated heterocycles. The van der Waals surface area contributed by atoms with Crippen molar-refractivity contribution in [2.24, 2.45) is 16.3 Å². The van der Waals surface area contributed by atoms with Crippen molar-refractivity contribution < 1.29 is 19.1 Å². The van der Waals surface area contributed by atoms with Gasteiger partial charge < -0.3 is 19.7 Å². The molecule has 8 heteroatoms. The van der Waals surface area contributed by atoms with Crippen molar-refractivity contribution in [3.05, 3.63) is 70.1 Å². The molecule has 1 aromatic heterocycles. The molecule has 0 saturated carbocycles. The third-order valence-electron chi connectivity index (χ3n) is 8.14. The number of para-hydroxylation sites is 1. The molecule has 7 nitrogen and oxygen atoms in total. The number of amides is 2. The Morgan fingerprint density at radius 3 is 2.55 bits per heavy atom. The molecular formula is C34H41N3O4S. The molecule has 222 valence electrons. The summed E-state index contributed by atoms with van der Waals surface area (Å²) in [5.41, 5.74) is 3.59. The average molecular weight is 588 g/mol. The Balaban J connectivity index is 1.40. The quantitative estimate of drug-likeness (QED) is 0.266. The Labute approximate surface area is 252 Å². The number of nitrogens with zero attached hydrogens (tertiary/aromatic N) is 2. The maximum absolute atomic E-state index is 13.6. The van der Waals surface area contributed by atoms with Crippen LogP contribution in [-0.4, -0.2) is 49.2 Å². The molecule has 42 heavy (non-hydrogen) atoms. The van der Waals surface area contributed by atoms with Crippen LogP contribution in [0.4, 0.5) is 10.7 Å². The molecule has 5 rings (SSSR count). The molecule has 2 aromatic carbocycles. The maximum Gasteiger partial charge on any atom is 0.260 e. The van der Waals surface area contributed by atoms with E-state index >= 15 is 0 Å². The van der Waals surface area contributed by atoms with Gasteiger partial charge >= 0.3 is 0 Å². The van der Waals surface area contributed by atoms with Gasteiger partial charge in [-0.2, -0.15) is 0 Å². The number of carbonyl (C=O) groups excluding carboxylic acids is 2. The molecule has 1 atom stereocenters. The predicted octanol–water partition coefficient (Wildman–Crippen LogP) is 7.30. The van der Waals surface area contributed by atoms with E-state index in [4.69, 9.17) is 14.5 Å². The molecule has 0 unspecified atom stereocenters. The van der Waals surface area contributed by atoms with Crippen molar-refractivity contribution in [3.8, 4) is 11.5 Å². The second kappa shape index (κ2) is 13.1. The SMILES string of the molecule is CCOc1cc(C=Nc2sc3c(c2C(=O)Nc2ccccc2)CC[C@@H](C(C)(C)C)C3)ccc1OCC(=O)N1CCCC1. The minimum absolute atomic E-state index is 0.00254. The van der Waals surface area contributed by atoms with E-state index in [1.54, 1.807) is 17.6 Å². The molecule has 0 radical (unpaired) electrons. The van der Waals surface area contributed by atoms with Crippen LogP contribution in [-0.2, 0) is 17.6 Å². The maximum atomic E-state index is 13.6. The van der Waals surface area contributed by atoms with Gasteiger partial charge in [0.1, 0.15) is 5.00 Å². The summed E-state index contributed by atoms with van der Waals surface area (Å²) in [5.74, 6) is 1.53. The van der Waals surface area contributed by atoms with Gasteiger partial charge in [0.25, 0.3) is 11.8 Å². The van der Waals surface area contributed by atoms with Crippen molar-refractivity contribution >= 4 is 40.1 Å². The van der Waals surface area contributed by atoms with Crippen LogP contribution in [0, 0.1) is 11.3 Å². The van der Waals surface area contributed by atoms with Gasteiger partial charge in [-0.05, 0) is 91.8 Å². The summed E-state index contributed by atoms with van der Waals surface area (Å²) in [5, 5.41) is 3.80. The number of benzene rings is 2. The number of hydrogen-bond donors (Lipinski definition) is 1. The summed E-state index contributed by atoms with van der Waals surface area (Å²) < 4.78 is 11.7. The van der Waals surface area contributed by atoms with Crippen molar-refractivity contribution in [2.45, 2.75) is 59.8 Å². The minimum Gasteiger partial charge on any atom is -0.490 e. The van der Waals surface area contributed by atoms with E-state index in [9.17, 15) is 9.59 Å². The van der Waals surface area contributed by atoms with Crippen LogP contribution < -0.4 is 14.8 Å². The lowest BCUT2D eigenvalue weighted by Crippen LogP contribution is -2.32. The van der Waals surface area contributed by atoms with Gasteiger partial charge in [-0.15, -0.1) is 11.3 Å². The number of ether oxygens (including phenoxy) is 2. The second-order valence-corrected chi connectivity index (χ2v) is 13.2. The highest BCUT2D eigenvalue weighted by Gasteiger charge is 2.33. The molecule has 1 fully saturated rings. The molecule has 1 aliphatic carbocycles. The molecule has 1 aliphatic heterocycles. The van der Waals surface area contributed by atoms with Gasteiger partial charge in [0.2, 0.25) is 0 Å². The summed E-state index contributed by atoms with van der Waals surface area (Å²) in [6, 6.07) is 15.1. The molecule has 2 aliphatic rings. The molecule has 0 spiro atoms. The summed E-state index contributed by atoms with van der Waals surface area (Å²) in [6.45, 7) is 10.8. The number of nitrogens with one attached hydrogen (secondary N) is 1. The summed E-state index contributed by atoms with van der Waals surface area (Å²) in [4.78, 5) is 34.1. The van der Waals surface area contributed by atoms with Gasteiger partial charge in [-0.25, -0.2) is 4.99 Å². The highest BCUT2D eigenvalue weighted by atomic mass is 32.1. The fraction of sp³-hybridized carbons (Fsp3) is 0.441. The van der Waals surface area contributed by atoms with Crippen LogP contribution >= 0.6 is 11.3 Å². The Morgan fingerprint density at radius 1 is 1.07 bits per heavy atom. The van der Waals surface area contributed by atoms with Crippen molar-refractivity contribution in [2.75, 3.05) is 31.6 Å². The van der Waals surface area contributed by atoms with Gasteiger partial charge in [0.05, 0.1) is 12.2 Å². The lowest BCUT2D eigenvalue weighted by molar-refractivity contribution is -0.132. The van der Waals surface area contributed by atoms with Crippen LogP contribution in [0.2, 0.25) is 0 Å². The minimum atomic E-state index is -0.124. The van der Waals surface area contributed by atoms with E-state index in [-0.39, 0.29) is 23.8 Å². The zero-order valence-corrected chi connectivity index (χ0v) is 25.9. The van der Waals surface area contributed by atoms with E-state index < -0.39 is 0 Å². The number of hydrogen-bond acceptors (Lipinski definition) is 6. The average Bonchev–Trinajstić information content (AvgIpc) is 3.64. The standard InChI is InChI=1S/C34H41N3O4S/c1-5-40-28-19-23(13-16-27(28)41-22-30(38)37-17-9-10-18-37)21-35-33-31(32(39)36-25-11-7-6-8-12-25)26-15-14-24(34(2,3)4)20-29(26)42-33/h6-8,11-13,16,19,21,24H,5,9-10,14-15,17-18,20,22H2,1-4H3,(H,36,39)/t24-/m1/s1. The third-order valence-corrected chi connectivity index (χ3v) is 9.30. The Kier molecular flexibility index (Phi) is 9.31. The number of rotatable bonds is 9. The third kappa shape index (κ3) is 7.04. The van der Waals surface area contributed by atoms with Crippen molar-refractivity contribution in [1.29, 1.82) is 0 Å². The smallest absolute Gasteiger partial charge is 0.260 e. The molecule has 2 amide bonds. The van der Waals surface area contributed by atoms with Gasteiger partial charge in [-0.1, -0.05) is 39.0 Å². The fourth-order valence-corrected chi connectivity index (χ4v) is 6.94. The van der Waals surface area contributed by atoms with Crippen LogP contribution in [0.25, 0.3) is 0 Å². The van der Waals surface area contributed by atoms with E-state index in [2.05, 4.69) is 26.1 Å². The van der Waals surface area contributed by atoms with Crippen molar-refractivity contribution in [1.82, 2.24) is 4.90 Å². The summed E-state index contributed by atoms with van der Waals surface area (Å²) in [7, 11) is 0. The first kappa shape index (κ1) is 29.8. The first-order valence-electron chi connectivity index (χ1n) is 15.0. The first-order chi connectivity index (χ1) is 20.2. The van der Waals surface area contributed by atoms with Crippen LogP contribution in [0.15, 0.2) is 53.5 Å². The highest BCUT2D eigenvalue weighted by Crippen LogP contribution is 2.45. The van der Waals surface area contributed by atoms with E-state index in [0.717, 1.165) is 67.0 Å². The number of fused-ring (bicyclic) bond motifs is 1. The van der Waals surface area contributed by atoms with E-state index in [0.29, 0.717) is 29.6 Å². The monoisotopic (exact) mass is 587 g/mol. The Morgan fingerprint density at radius 2 is 1.83 bits per heavy atom. The number of likely N-dealkylation sites (tertiary alicyclic amines) is 1. The van der Waals surface area contributed by atoms with E-state index in [1.165, 1.54) is 4.88 Å². The normalized spacial score (nSPS) is 16.9. The zero-order chi connectivity index (χ0) is 29.7. The van der Waals surface area contributed by atoms with E-state index in [1.807, 2.05) is 60.4 Å². The van der Waals surface area contributed by atoms with Gasteiger partial charge in [0.15, 0.2) is 18.1 Å². The number of anilines is 1. The van der Waals surface area contributed by atoms with Crippen LogP contribution in [0.5, 0.6) is 11.5 Å². The van der Waals surface area contributed by atoms with Gasteiger partial charge in [0, 0.05) is 29.9 Å². The largest absolute Gasteiger partial charge is 0.490 e. The lowest BCUT2D eigenvalue weighted by atomic mass is 9.72. The Hall–Kier alpha value is -3.65. The van der Waals surface area contributed by atoms with Crippen LogP contribution in [0.1, 0.15) is 73.3 Å². The Bertz CT molecular complexity index is 1430. The zero-order valence-electron chi connectivity index (χ0n) is 25.1. The molecular weight excluding hydrogens is 546 g/mol. The highest BCUT2D eigenvalue weighted by molar-refractivity contribution is 7.16. The van der Waals surface area contributed by atoms with Gasteiger partial charge in [-0.3, -0.25) is 9.59 Å². The van der Waals surface area contributed by atoms with Crippen molar-refractivity contribution in [3.63, 3.8) is 0 Å². The molecule has 1 N–H and O–H groups in total. The fourth-order valence-electron chi connectivity index (χ4n) is 5.67. The second-order valence-electron chi connectivity index (χ2n) is 12.1. The summed E-state index contributed by atoms with van der Waals surface area (Å²) in [6.07, 6.45) is 6.76. The molecule has 3 aromatic rings. The topological polar surface area (TPSA) is 80.2 Å². The molecule has 0 bridgehead atoms. The number of aliphatic imine (C=N–C) groups is 1. The lowest BCUT2D eigenvalue weighted by Gasteiger charge is -2.33. The summed E-state index contributed by atoms with van der Waals surface area (Å²) >= 11 is 1.62. The molecule has 2 heterocycles. The predicted molar refractivity (Wildman–Crippen MR) is 170 cm³/mol. The first-order valence-corrected chi connectivity index (χ1v) is 15.8. The number of carbonyl (C=O) groups is 2. The van der Waals surface area contributed by atoms with Crippen LogP contribution in [0.3, 0.4) is 0 Å². The number of thiophene rings is 1.